The summed E-state index contributed by atoms with van der Waals surface area (Å²) in [6.07, 6.45) is 1.82. The summed E-state index contributed by atoms with van der Waals surface area (Å²) in [5.41, 5.74) is 2.00. The van der Waals surface area contributed by atoms with Gasteiger partial charge in [0.15, 0.2) is 0 Å². The lowest BCUT2D eigenvalue weighted by Crippen LogP contribution is -2.44. The molecule has 1 aliphatic heterocycles. The van der Waals surface area contributed by atoms with Crippen LogP contribution in [0.5, 0.6) is 0 Å². The van der Waals surface area contributed by atoms with Crippen LogP contribution in [0.1, 0.15) is 35.7 Å². The van der Waals surface area contributed by atoms with Gasteiger partial charge in [-0.05, 0) is 56.6 Å². The van der Waals surface area contributed by atoms with E-state index >= 15 is 0 Å². The molecule has 0 aromatic heterocycles. The second kappa shape index (κ2) is 8.97. The maximum Gasteiger partial charge on any atom is 0.264 e. The van der Waals surface area contributed by atoms with Gasteiger partial charge < -0.3 is 10.2 Å². The van der Waals surface area contributed by atoms with Gasteiger partial charge in [0.25, 0.3) is 15.9 Å². The van der Waals surface area contributed by atoms with E-state index < -0.39 is 10.0 Å². The fourth-order valence-electron chi connectivity index (χ4n) is 3.51. The van der Waals surface area contributed by atoms with E-state index in [1.807, 2.05) is 19.1 Å². The van der Waals surface area contributed by atoms with Crippen LogP contribution in [0.4, 0.5) is 5.69 Å². The van der Waals surface area contributed by atoms with Crippen LogP contribution in [0.15, 0.2) is 53.4 Å². The number of benzene rings is 2. The fraction of sp³-hybridized carbons (Fsp3) is 0.409. The number of nitrogens with one attached hydrogen (secondary N) is 1. The van der Waals surface area contributed by atoms with Gasteiger partial charge >= 0.3 is 0 Å². The molecule has 2 aromatic carbocycles. The van der Waals surface area contributed by atoms with Crippen molar-refractivity contribution in [3.05, 3.63) is 59.7 Å². The van der Waals surface area contributed by atoms with E-state index in [4.69, 9.17) is 0 Å². The lowest BCUT2D eigenvalue weighted by atomic mass is 10.0. The van der Waals surface area contributed by atoms with Crippen LogP contribution in [-0.2, 0) is 10.0 Å². The Bertz CT molecular complexity index is 950. The van der Waals surface area contributed by atoms with E-state index in [0.29, 0.717) is 11.3 Å². The molecule has 1 heterocycles. The summed E-state index contributed by atoms with van der Waals surface area (Å²) in [7, 11) is -2.24. The van der Waals surface area contributed by atoms with Crippen molar-refractivity contribution in [2.45, 2.75) is 37.6 Å². The van der Waals surface area contributed by atoms with Crippen molar-refractivity contribution in [3.63, 3.8) is 0 Å². The number of nitrogens with zero attached hydrogens (tertiary/aromatic N) is 2. The van der Waals surface area contributed by atoms with E-state index in [1.54, 1.807) is 24.3 Å². The quantitative estimate of drug-likeness (QED) is 0.787. The number of rotatable bonds is 6. The molecule has 0 radical (unpaired) electrons. The minimum Gasteiger partial charge on any atom is -0.349 e. The largest absolute Gasteiger partial charge is 0.349 e. The zero-order chi connectivity index (χ0) is 21.0. The molecule has 0 bridgehead atoms. The molecule has 1 N–H and O–H groups in total. The predicted octanol–water partition coefficient (Wildman–Crippen LogP) is 3.03. The number of carbonyl (C=O) groups is 1. The molecule has 3 rings (SSSR count). The molecule has 1 fully saturated rings. The van der Waals surface area contributed by atoms with Crippen LogP contribution in [0.25, 0.3) is 0 Å². The average molecular weight is 416 g/mol. The molecular weight excluding hydrogens is 386 g/mol. The van der Waals surface area contributed by atoms with Crippen molar-refractivity contribution in [1.82, 2.24) is 10.2 Å². The zero-order valence-corrected chi connectivity index (χ0v) is 18.1. The highest BCUT2D eigenvalue weighted by atomic mass is 32.2. The molecule has 0 saturated carbocycles. The first-order valence-corrected chi connectivity index (χ1v) is 11.4. The monoisotopic (exact) mass is 415 g/mol. The maximum atomic E-state index is 13.0. The first-order chi connectivity index (χ1) is 13.8. The summed E-state index contributed by atoms with van der Waals surface area (Å²) in [5, 5.41) is 3.05. The Balaban J connectivity index is 1.74. The van der Waals surface area contributed by atoms with Crippen LogP contribution in [0.2, 0.25) is 0 Å². The maximum absolute atomic E-state index is 13.0. The van der Waals surface area contributed by atoms with Gasteiger partial charge in [-0.2, -0.15) is 0 Å². The zero-order valence-electron chi connectivity index (χ0n) is 17.3. The van der Waals surface area contributed by atoms with Crippen LogP contribution in [0, 0.1) is 6.92 Å². The summed E-state index contributed by atoms with van der Waals surface area (Å²) in [6.45, 7) is 7.05. The number of hydrogen-bond donors (Lipinski definition) is 1. The number of sulfonamides is 1. The number of aryl methyl sites for hydroxylation is 1. The molecule has 1 aliphatic rings. The van der Waals surface area contributed by atoms with Crippen molar-refractivity contribution >= 4 is 21.6 Å². The smallest absolute Gasteiger partial charge is 0.264 e. The molecule has 1 amide bonds. The number of amides is 1. The van der Waals surface area contributed by atoms with E-state index in [9.17, 15) is 13.2 Å². The molecular formula is C22H29N3O3S. The molecule has 7 heteroatoms. The Kier molecular flexibility index (Phi) is 6.59. The highest BCUT2D eigenvalue weighted by molar-refractivity contribution is 7.92. The van der Waals surface area contributed by atoms with Gasteiger partial charge in [0.1, 0.15) is 0 Å². The molecule has 1 saturated heterocycles. The lowest BCUT2D eigenvalue weighted by Gasteiger charge is -2.31. The first-order valence-electron chi connectivity index (χ1n) is 10.00. The van der Waals surface area contributed by atoms with Crippen LogP contribution in [0.3, 0.4) is 0 Å². The number of anilines is 1. The Morgan fingerprint density at radius 3 is 2.41 bits per heavy atom. The van der Waals surface area contributed by atoms with Crippen LogP contribution in [-0.4, -0.2) is 51.9 Å². The molecule has 2 aromatic rings. The van der Waals surface area contributed by atoms with E-state index in [1.165, 1.54) is 23.5 Å². The van der Waals surface area contributed by atoms with Crippen LogP contribution < -0.4 is 9.62 Å². The topological polar surface area (TPSA) is 69.7 Å². The normalized spacial score (nSPS) is 15.8. The van der Waals surface area contributed by atoms with Crippen molar-refractivity contribution in [1.29, 1.82) is 0 Å². The van der Waals surface area contributed by atoms with Crippen molar-refractivity contribution in [2.24, 2.45) is 0 Å². The molecule has 0 atom stereocenters. The van der Waals surface area contributed by atoms with E-state index in [-0.39, 0.29) is 16.8 Å². The molecule has 0 aliphatic carbocycles. The SMILES string of the molecule is CCN1CCC(NC(=O)c2cccc(S(=O)(=O)N(C)c3ccc(C)cc3)c2)CC1. The van der Waals surface area contributed by atoms with Gasteiger partial charge in [-0.3, -0.25) is 9.10 Å². The molecule has 6 nitrogen and oxygen atoms in total. The summed E-state index contributed by atoms with van der Waals surface area (Å²) in [4.78, 5) is 15.2. The Labute approximate surface area is 173 Å². The molecule has 156 valence electrons. The Morgan fingerprint density at radius 1 is 1.14 bits per heavy atom. The van der Waals surface area contributed by atoms with Crippen molar-refractivity contribution < 1.29 is 13.2 Å². The van der Waals surface area contributed by atoms with Gasteiger partial charge in [-0.1, -0.05) is 30.7 Å². The van der Waals surface area contributed by atoms with Gasteiger partial charge in [0.05, 0.1) is 10.6 Å². The van der Waals surface area contributed by atoms with Crippen molar-refractivity contribution in [2.75, 3.05) is 31.0 Å². The first kappa shape index (κ1) is 21.3. The predicted molar refractivity (Wildman–Crippen MR) is 116 cm³/mol. The minimum atomic E-state index is -3.76. The van der Waals surface area contributed by atoms with Gasteiger partial charge in [-0.25, -0.2) is 8.42 Å². The van der Waals surface area contributed by atoms with E-state index in [0.717, 1.165) is 38.0 Å². The average Bonchev–Trinajstić information content (AvgIpc) is 2.74. The molecule has 0 unspecified atom stereocenters. The summed E-state index contributed by atoms with van der Waals surface area (Å²) >= 11 is 0. The fourth-order valence-corrected chi connectivity index (χ4v) is 4.75. The Morgan fingerprint density at radius 2 is 1.79 bits per heavy atom. The second-order valence-corrected chi connectivity index (χ2v) is 9.49. The number of piperidine rings is 1. The highest BCUT2D eigenvalue weighted by Crippen LogP contribution is 2.23. The number of carbonyl (C=O) groups excluding carboxylic acids is 1. The second-order valence-electron chi connectivity index (χ2n) is 7.52. The van der Waals surface area contributed by atoms with E-state index in [2.05, 4.69) is 17.1 Å². The summed E-state index contributed by atoms with van der Waals surface area (Å²) < 4.78 is 27.3. The third-order valence-corrected chi connectivity index (χ3v) is 7.30. The Hall–Kier alpha value is -2.38. The third-order valence-electron chi connectivity index (χ3n) is 5.52. The summed E-state index contributed by atoms with van der Waals surface area (Å²) in [5.74, 6) is -0.227. The minimum absolute atomic E-state index is 0.106. The van der Waals surface area contributed by atoms with Gasteiger partial charge in [-0.15, -0.1) is 0 Å². The molecule has 29 heavy (non-hydrogen) atoms. The third kappa shape index (κ3) is 4.97. The lowest BCUT2D eigenvalue weighted by molar-refractivity contribution is 0.0912. The van der Waals surface area contributed by atoms with Gasteiger partial charge in [0, 0.05) is 31.7 Å². The standard InChI is InChI=1S/C22H29N3O3S/c1-4-25-14-12-19(13-15-25)23-22(26)18-6-5-7-21(16-18)29(27,28)24(3)20-10-8-17(2)9-11-20/h5-11,16,19H,4,12-15H2,1-3H3,(H,23,26). The highest BCUT2D eigenvalue weighted by Gasteiger charge is 2.24. The van der Waals surface area contributed by atoms with Crippen molar-refractivity contribution in [3.8, 4) is 0 Å². The van der Waals surface area contributed by atoms with Gasteiger partial charge in [0.2, 0.25) is 0 Å². The summed E-state index contributed by atoms with van der Waals surface area (Å²) in [6, 6.07) is 13.7. The number of hydrogen-bond acceptors (Lipinski definition) is 4. The molecule has 0 spiro atoms. The van der Waals surface area contributed by atoms with Crippen LogP contribution >= 0.6 is 0 Å². The number of likely N-dealkylation sites (tertiary alicyclic amines) is 1.